The Bertz CT molecular complexity index is 782. The molecule has 4 nitrogen and oxygen atoms in total. The zero-order chi connectivity index (χ0) is 16.6. The minimum atomic E-state index is 0.669. The third kappa shape index (κ3) is 4.93. The molecule has 0 bridgehead atoms. The highest BCUT2D eigenvalue weighted by atomic mass is 32.1. The summed E-state index contributed by atoms with van der Waals surface area (Å²) < 4.78 is 5.77. The summed E-state index contributed by atoms with van der Waals surface area (Å²) in [5.74, 6) is 0.867. The minimum Gasteiger partial charge on any atom is -0.493 e. The Hall–Kier alpha value is -2.66. The highest BCUT2D eigenvalue weighted by molar-refractivity contribution is 7.13. The van der Waals surface area contributed by atoms with Gasteiger partial charge in [-0.05, 0) is 42.3 Å². The van der Waals surface area contributed by atoms with Crippen LogP contribution in [0.25, 0.3) is 0 Å². The maximum atomic E-state index is 5.77. The summed E-state index contributed by atoms with van der Waals surface area (Å²) in [5.41, 5.74) is 6.21. The predicted octanol–water partition coefficient (Wildman–Crippen LogP) is 4.52. The van der Waals surface area contributed by atoms with Crippen molar-refractivity contribution in [1.82, 2.24) is 4.98 Å². The Morgan fingerprint density at radius 1 is 1.12 bits per heavy atom. The van der Waals surface area contributed by atoms with Gasteiger partial charge in [0.1, 0.15) is 5.75 Å². The lowest BCUT2D eigenvalue weighted by atomic mass is 10.2. The second-order valence-corrected chi connectivity index (χ2v) is 6.18. The van der Waals surface area contributed by atoms with Crippen molar-refractivity contribution in [3.8, 4) is 5.75 Å². The summed E-state index contributed by atoms with van der Waals surface area (Å²) in [4.78, 5) is 4.29. The van der Waals surface area contributed by atoms with Crippen LogP contribution in [-0.4, -0.2) is 17.8 Å². The number of anilines is 1. The van der Waals surface area contributed by atoms with Gasteiger partial charge in [0, 0.05) is 11.8 Å². The first-order chi connectivity index (χ1) is 11.8. The van der Waals surface area contributed by atoms with Gasteiger partial charge in [0.25, 0.3) is 0 Å². The highest BCUT2D eigenvalue weighted by Crippen LogP contribution is 2.15. The third-order valence-corrected chi connectivity index (χ3v) is 4.24. The van der Waals surface area contributed by atoms with E-state index in [2.05, 4.69) is 27.6 Å². The van der Waals surface area contributed by atoms with Crippen LogP contribution in [0.4, 0.5) is 5.13 Å². The molecule has 0 atom stereocenters. The lowest BCUT2D eigenvalue weighted by Crippen LogP contribution is -2.01. The first kappa shape index (κ1) is 16.2. The Balaban J connectivity index is 1.46. The van der Waals surface area contributed by atoms with Crippen LogP contribution in [0.5, 0.6) is 5.75 Å². The van der Waals surface area contributed by atoms with E-state index in [0.29, 0.717) is 6.61 Å². The van der Waals surface area contributed by atoms with Gasteiger partial charge in [-0.15, -0.1) is 11.3 Å². The molecule has 5 heteroatoms. The van der Waals surface area contributed by atoms with Gasteiger partial charge >= 0.3 is 0 Å². The summed E-state index contributed by atoms with van der Waals surface area (Å²) >= 11 is 1.54. The average Bonchev–Trinajstić information content (AvgIpc) is 3.03. The molecule has 1 N–H and O–H groups in total. The van der Waals surface area contributed by atoms with Crippen molar-refractivity contribution in [3.63, 3.8) is 0 Å². The van der Waals surface area contributed by atoms with Gasteiger partial charge in [0.15, 0.2) is 0 Å². The number of aromatic nitrogens is 1. The van der Waals surface area contributed by atoms with E-state index in [1.807, 2.05) is 54.8 Å². The average molecular weight is 337 g/mol. The molecular weight excluding hydrogens is 318 g/mol. The van der Waals surface area contributed by atoms with Gasteiger partial charge < -0.3 is 4.74 Å². The second-order valence-electron chi connectivity index (χ2n) is 5.32. The number of nitrogens with one attached hydrogen (secondary N) is 1. The predicted molar refractivity (Wildman–Crippen MR) is 100 cm³/mol. The number of benzene rings is 2. The van der Waals surface area contributed by atoms with Crippen molar-refractivity contribution in [1.29, 1.82) is 0 Å². The standard InChI is InChI=1S/C19H19N3OS/c1-15-14-24-19(21-15)22-20-13-17-7-9-18(10-8-17)23-12-11-16-5-3-2-4-6-16/h2-10,13-14H,11-12H2,1H3,(H,21,22). The molecule has 1 heterocycles. The highest BCUT2D eigenvalue weighted by Gasteiger charge is 1.97. The number of hydrogen-bond acceptors (Lipinski definition) is 5. The molecule has 3 rings (SSSR count). The fourth-order valence-corrected chi connectivity index (χ4v) is 2.79. The van der Waals surface area contributed by atoms with Crippen molar-refractivity contribution in [2.75, 3.05) is 12.0 Å². The maximum Gasteiger partial charge on any atom is 0.203 e. The molecule has 0 spiro atoms. The van der Waals surface area contributed by atoms with Crippen LogP contribution in [0, 0.1) is 6.92 Å². The maximum absolute atomic E-state index is 5.77. The van der Waals surface area contributed by atoms with Gasteiger partial charge in [-0.2, -0.15) is 5.10 Å². The van der Waals surface area contributed by atoms with Gasteiger partial charge in [-0.3, -0.25) is 5.43 Å². The number of hydrazone groups is 1. The normalized spacial score (nSPS) is 10.9. The van der Waals surface area contributed by atoms with E-state index in [1.54, 1.807) is 6.21 Å². The number of thiazole rings is 1. The summed E-state index contributed by atoms with van der Waals surface area (Å²) in [5, 5.41) is 6.97. The van der Waals surface area contributed by atoms with Crippen molar-refractivity contribution < 1.29 is 4.74 Å². The molecule has 3 aromatic rings. The molecule has 0 radical (unpaired) electrons. The molecule has 0 aliphatic heterocycles. The smallest absolute Gasteiger partial charge is 0.203 e. The number of ether oxygens (including phenoxy) is 1. The first-order valence-corrected chi connectivity index (χ1v) is 8.65. The van der Waals surface area contributed by atoms with Crippen molar-refractivity contribution >= 4 is 22.7 Å². The topological polar surface area (TPSA) is 46.5 Å². The second kappa shape index (κ2) is 8.26. The lowest BCUT2D eigenvalue weighted by Gasteiger charge is -2.06. The van der Waals surface area contributed by atoms with Crippen LogP contribution in [0.1, 0.15) is 16.8 Å². The summed E-state index contributed by atoms with van der Waals surface area (Å²) in [6, 6.07) is 18.2. The summed E-state index contributed by atoms with van der Waals surface area (Å²) in [6.07, 6.45) is 2.67. The van der Waals surface area contributed by atoms with Crippen molar-refractivity contribution in [3.05, 3.63) is 76.8 Å². The number of nitrogens with zero attached hydrogens (tertiary/aromatic N) is 2. The lowest BCUT2D eigenvalue weighted by molar-refractivity contribution is 0.322. The zero-order valence-electron chi connectivity index (χ0n) is 13.5. The molecule has 24 heavy (non-hydrogen) atoms. The Kier molecular flexibility index (Phi) is 5.58. The van der Waals surface area contributed by atoms with Gasteiger partial charge in [-0.1, -0.05) is 30.3 Å². The summed E-state index contributed by atoms with van der Waals surface area (Å²) in [7, 11) is 0. The van der Waals surface area contributed by atoms with E-state index in [0.717, 1.165) is 28.6 Å². The Morgan fingerprint density at radius 3 is 2.62 bits per heavy atom. The fraction of sp³-hybridized carbons (Fsp3) is 0.158. The molecule has 0 amide bonds. The van der Waals surface area contributed by atoms with Crippen LogP contribution in [0.15, 0.2) is 65.1 Å². The van der Waals surface area contributed by atoms with E-state index in [1.165, 1.54) is 16.9 Å². The number of rotatable bonds is 7. The van der Waals surface area contributed by atoms with Gasteiger partial charge in [0.2, 0.25) is 5.13 Å². The Labute approximate surface area is 145 Å². The van der Waals surface area contributed by atoms with Crippen LogP contribution < -0.4 is 10.2 Å². The van der Waals surface area contributed by atoms with Gasteiger partial charge in [0.05, 0.1) is 18.5 Å². The molecule has 0 aliphatic rings. The number of hydrogen-bond donors (Lipinski definition) is 1. The SMILES string of the molecule is Cc1csc(NN=Cc2ccc(OCCc3ccccc3)cc2)n1. The molecule has 2 aromatic carbocycles. The molecule has 122 valence electrons. The first-order valence-electron chi connectivity index (χ1n) is 7.77. The molecule has 0 saturated carbocycles. The van der Waals surface area contributed by atoms with E-state index in [4.69, 9.17) is 4.74 Å². The molecule has 0 saturated heterocycles. The zero-order valence-corrected chi connectivity index (χ0v) is 14.3. The van der Waals surface area contributed by atoms with Crippen LogP contribution in [0.2, 0.25) is 0 Å². The molecule has 0 aliphatic carbocycles. The monoisotopic (exact) mass is 337 g/mol. The van der Waals surface area contributed by atoms with Crippen LogP contribution in [0.3, 0.4) is 0 Å². The van der Waals surface area contributed by atoms with Crippen molar-refractivity contribution in [2.24, 2.45) is 5.10 Å². The molecule has 1 aromatic heterocycles. The van der Waals surface area contributed by atoms with E-state index >= 15 is 0 Å². The quantitative estimate of drug-likeness (QED) is 0.509. The number of aryl methyl sites for hydroxylation is 1. The van der Waals surface area contributed by atoms with E-state index < -0.39 is 0 Å². The minimum absolute atomic E-state index is 0.669. The molecule has 0 unspecified atom stereocenters. The van der Waals surface area contributed by atoms with Crippen LogP contribution >= 0.6 is 11.3 Å². The largest absolute Gasteiger partial charge is 0.493 e. The van der Waals surface area contributed by atoms with Gasteiger partial charge in [-0.25, -0.2) is 4.98 Å². The Morgan fingerprint density at radius 2 is 1.92 bits per heavy atom. The van der Waals surface area contributed by atoms with E-state index in [-0.39, 0.29) is 0 Å². The fourth-order valence-electron chi connectivity index (χ4n) is 2.15. The molecule has 0 fully saturated rings. The third-order valence-electron chi connectivity index (χ3n) is 3.38. The molecular formula is C19H19N3OS. The van der Waals surface area contributed by atoms with Crippen LogP contribution in [-0.2, 0) is 6.42 Å². The van der Waals surface area contributed by atoms with Crippen molar-refractivity contribution in [2.45, 2.75) is 13.3 Å². The summed E-state index contributed by atoms with van der Waals surface area (Å²) in [6.45, 7) is 2.63. The van der Waals surface area contributed by atoms with E-state index in [9.17, 15) is 0 Å².